The topological polar surface area (TPSA) is 0 Å². The van der Waals surface area contributed by atoms with E-state index in [1.54, 1.807) is 51.4 Å². The number of unbranched alkanes of at least 4 members (excludes halogenated alkanes) is 2. The predicted molar refractivity (Wildman–Crippen MR) is 94.6 cm³/mol. The van der Waals surface area contributed by atoms with Crippen molar-refractivity contribution in [3.8, 4) is 0 Å². The summed E-state index contributed by atoms with van der Waals surface area (Å²) >= 11 is 0. The van der Waals surface area contributed by atoms with Crippen molar-refractivity contribution in [2.45, 2.75) is 110 Å². The van der Waals surface area contributed by atoms with Crippen LogP contribution >= 0.6 is 0 Å². The molecule has 0 atom stereocenters. The summed E-state index contributed by atoms with van der Waals surface area (Å²) in [5.41, 5.74) is 0. The molecule has 2 aliphatic rings. The Balaban J connectivity index is 1.53. The molecule has 0 nitrogen and oxygen atoms in total. The highest BCUT2D eigenvalue weighted by Gasteiger charge is 2.24. The Kier molecular flexibility index (Phi) is 8.19. The first kappa shape index (κ1) is 17.4. The number of rotatable bonds is 8. The van der Waals surface area contributed by atoms with Crippen molar-refractivity contribution in [1.29, 1.82) is 0 Å². The van der Waals surface area contributed by atoms with Crippen molar-refractivity contribution in [2.24, 2.45) is 23.7 Å². The Bertz CT molecular complexity index is 241. The van der Waals surface area contributed by atoms with Crippen LogP contribution in [0.3, 0.4) is 0 Å². The molecule has 0 N–H and O–H groups in total. The molecular formula is C21H40. The second kappa shape index (κ2) is 9.90. The average molecular weight is 293 g/mol. The van der Waals surface area contributed by atoms with Gasteiger partial charge in [0.2, 0.25) is 0 Å². The third kappa shape index (κ3) is 6.33. The Labute approximate surface area is 134 Å². The van der Waals surface area contributed by atoms with Crippen molar-refractivity contribution in [1.82, 2.24) is 0 Å². The molecule has 0 spiro atoms. The molecule has 0 heterocycles. The molecule has 0 aliphatic heterocycles. The standard InChI is InChI=1S/C21H40/c1-3-5-6-7-19-12-14-21(15-13-19)17-16-20-10-8-18(4-2)9-11-20/h18-21H,3-17H2,1-2H3. The Hall–Kier alpha value is 0. The minimum Gasteiger partial charge on any atom is -0.0654 e. The summed E-state index contributed by atoms with van der Waals surface area (Å²) in [6, 6.07) is 0. The van der Waals surface area contributed by atoms with Crippen LogP contribution in [0.4, 0.5) is 0 Å². The Morgan fingerprint density at radius 1 is 0.524 bits per heavy atom. The number of hydrogen-bond donors (Lipinski definition) is 0. The summed E-state index contributed by atoms with van der Waals surface area (Å²) in [5, 5.41) is 0. The summed E-state index contributed by atoms with van der Waals surface area (Å²) in [4.78, 5) is 0. The van der Waals surface area contributed by atoms with Gasteiger partial charge in [-0.25, -0.2) is 0 Å². The molecule has 0 heteroatoms. The minimum absolute atomic E-state index is 1.07. The molecule has 0 bridgehead atoms. The zero-order chi connectivity index (χ0) is 14.9. The second-order valence-electron chi connectivity index (χ2n) is 8.25. The van der Waals surface area contributed by atoms with Gasteiger partial charge in [0.05, 0.1) is 0 Å². The van der Waals surface area contributed by atoms with Gasteiger partial charge in [0.25, 0.3) is 0 Å². The molecule has 0 aromatic heterocycles. The van der Waals surface area contributed by atoms with Gasteiger partial charge < -0.3 is 0 Å². The average Bonchev–Trinajstić information content (AvgIpc) is 2.55. The Morgan fingerprint density at radius 2 is 0.952 bits per heavy atom. The predicted octanol–water partition coefficient (Wildman–Crippen LogP) is 7.37. The van der Waals surface area contributed by atoms with Crippen LogP contribution in [0.1, 0.15) is 110 Å². The minimum atomic E-state index is 1.07. The molecule has 0 unspecified atom stereocenters. The third-order valence-corrected chi connectivity index (χ3v) is 6.71. The highest BCUT2D eigenvalue weighted by molar-refractivity contribution is 4.76. The van der Waals surface area contributed by atoms with E-state index in [1.165, 1.54) is 44.9 Å². The molecule has 2 fully saturated rings. The fourth-order valence-corrected chi connectivity index (χ4v) is 4.89. The highest BCUT2D eigenvalue weighted by Crippen LogP contribution is 2.38. The molecular weight excluding hydrogens is 252 g/mol. The van der Waals surface area contributed by atoms with E-state index in [2.05, 4.69) is 13.8 Å². The maximum atomic E-state index is 2.38. The molecule has 0 aromatic rings. The van der Waals surface area contributed by atoms with Gasteiger partial charge in [0.15, 0.2) is 0 Å². The first-order valence-corrected chi connectivity index (χ1v) is 10.3. The van der Waals surface area contributed by atoms with Crippen LogP contribution < -0.4 is 0 Å². The van der Waals surface area contributed by atoms with Crippen LogP contribution in [0.25, 0.3) is 0 Å². The van der Waals surface area contributed by atoms with Crippen LogP contribution in [0.2, 0.25) is 0 Å². The quantitative estimate of drug-likeness (QED) is 0.410. The maximum absolute atomic E-state index is 2.38. The van der Waals surface area contributed by atoms with E-state index in [0.717, 1.165) is 23.7 Å². The van der Waals surface area contributed by atoms with Crippen molar-refractivity contribution in [2.75, 3.05) is 0 Å². The second-order valence-corrected chi connectivity index (χ2v) is 8.25. The van der Waals surface area contributed by atoms with Crippen molar-refractivity contribution < 1.29 is 0 Å². The molecule has 0 amide bonds. The van der Waals surface area contributed by atoms with E-state index in [0.29, 0.717) is 0 Å². The van der Waals surface area contributed by atoms with Gasteiger partial charge in [-0.05, 0) is 23.7 Å². The monoisotopic (exact) mass is 292 g/mol. The van der Waals surface area contributed by atoms with Gasteiger partial charge >= 0.3 is 0 Å². The van der Waals surface area contributed by atoms with E-state index in [1.807, 2.05) is 0 Å². The van der Waals surface area contributed by atoms with Gasteiger partial charge in [-0.1, -0.05) is 110 Å². The smallest absolute Gasteiger partial charge is 0.0414 e. The largest absolute Gasteiger partial charge is 0.0654 e. The maximum Gasteiger partial charge on any atom is -0.0414 e. The lowest BCUT2D eigenvalue weighted by atomic mass is 9.74. The van der Waals surface area contributed by atoms with E-state index in [9.17, 15) is 0 Å². The molecule has 124 valence electrons. The van der Waals surface area contributed by atoms with Gasteiger partial charge in [0, 0.05) is 0 Å². The summed E-state index contributed by atoms with van der Waals surface area (Å²) in [5.74, 6) is 4.35. The Morgan fingerprint density at radius 3 is 1.38 bits per heavy atom. The molecule has 0 aromatic carbocycles. The van der Waals surface area contributed by atoms with Crippen LogP contribution in [-0.4, -0.2) is 0 Å². The lowest BCUT2D eigenvalue weighted by Crippen LogP contribution is -2.18. The zero-order valence-corrected chi connectivity index (χ0v) is 14.9. The van der Waals surface area contributed by atoms with Crippen LogP contribution in [-0.2, 0) is 0 Å². The SMILES string of the molecule is CCCCCC1CCC(CCC2CCC(CC)CC2)CC1. The highest BCUT2D eigenvalue weighted by atomic mass is 14.3. The van der Waals surface area contributed by atoms with Crippen LogP contribution in [0, 0.1) is 23.7 Å². The molecule has 0 radical (unpaired) electrons. The molecule has 2 aliphatic carbocycles. The van der Waals surface area contributed by atoms with E-state index in [-0.39, 0.29) is 0 Å². The van der Waals surface area contributed by atoms with Crippen molar-refractivity contribution >= 4 is 0 Å². The van der Waals surface area contributed by atoms with Gasteiger partial charge in [-0.3, -0.25) is 0 Å². The summed E-state index contributed by atoms with van der Waals surface area (Å²) in [6.07, 6.45) is 22.8. The summed E-state index contributed by atoms with van der Waals surface area (Å²) in [6.45, 7) is 4.70. The molecule has 2 saturated carbocycles. The van der Waals surface area contributed by atoms with Gasteiger partial charge in [0.1, 0.15) is 0 Å². The fraction of sp³-hybridized carbons (Fsp3) is 1.00. The summed E-state index contributed by atoms with van der Waals surface area (Å²) < 4.78 is 0. The number of hydrogen-bond acceptors (Lipinski definition) is 0. The lowest BCUT2D eigenvalue weighted by Gasteiger charge is -2.31. The molecule has 21 heavy (non-hydrogen) atoms. The van der Waals surface area contributed by atoms with Crippen molar-refractivity contribution in [3.63, 3.8) is 0 Å². The van der Waals surface area contributed by atoms with Crippen LogP contribution in [0.5, 0.6) is 0 Å². The van der Waals surface area contributed by atoms with Gasteiger partial charge in [-0.15, -0.1) is 0 Å². The third-order valence-electron chi connectivity index (χ3n) is 6.71. The zero-order valence-electron chi connectivity index (χ0n) is 14.9. The van der Waals surface area contributed by atoms with E-state index in [4.69, 9.17) is 0 Å². The fourth-order valence-electron chi connectivity index (χ4n) is 4.89. The molecule has 0 saturated heterocycles. The van der Waals surface area contributed by atoms with E-state index < -0.39 is 0 Å². The first-order chi connectivity index (χ1) is 10.3. The lowest BCUT2D eigenvalue weighted by molar-refractivity contribution is 0.210. The van der Waals surface area contributed by atoms with E-state index >= 15 is 0 Å². The normalized spacial score (nSPS) is 34.0. The summed E-state index contributed by atoms with van der Waals surface area (Å²) in [7, 11) is 0. The van der Waals surface area contributed by atoms with Gasteiger partial charge in [-0.2, -0.15) is 0 Å². The molecule has 2 rings (SSSR count). The first-order valence-electron chi connectivity index (χ1n) is 10.3. The van der Waals surface area contributed by atoms with Crippen LogP contribution in [0.15, 0.2) is 0 Å². The van der Waals surface area contributed by atoms with Crippen molar-refractivity contribution in [3.05, 3.63) is 0 Å².